The summed E-state index contributed by atoms with van der Waals surface area (Å²) in [5.41, 5.74) is 38.4. The molecule has 0 aliphatic carbocycles. The molecule has 0 bridgehead atoms. The number of anilines is 15. The molecule has 0 aliphatic heterocycles. The van der Waals surface area contributed by atoms with Crippen LogP contribution in [0.2, 0.25) is 0 Å². The highest BCUT2D eigenvalue weighted by Gasteiger charge is 2.22. The summed E-state index contributed by atoms with van der Waals surface area (Å²) in [6.45, 7) is 0. The van der Waals surface area contributed by atoms with Crippen molar-refractivity contribution in [2.75, 3.05) is 50.5 Å². The van der Waals surface area contributed by atoms with Crippen LogP contribution in [0.4, 0.5) is 85.3 Å². The zero-order valence-electron chi connectivity index (χ0n) is 80.2. The maximum Gasteiger partial charge on any atom is 0.0487 e. The van der Waals surface area contributed by atoms with E-state index in [1.54, 1.807) is 0 Å². The summed E-state index contributed by atoms with van der Waals surface area (Å²) in [6, 6.07) is 210. The summed E-state index contributed by atoms with van der Waals surface area (Å²) < 4.78 is 0. The molecule has 23 aromatic carbocycles. The third-order valence-electron chi connectivity index (χ3n) is 26.8. The van der Waals surface area contributed by atoms with Gasteiger partial charge in [-0.3, -0.25) is 0 Å². The lowest BCUT2D eigenvalue weighted by molar-refractivity contribution is 1.21. The van der Waals surface area contributed by atoms with Gasteiger partial charge in [-0.25, -0.2) is 0 Å². The van der Waals surface area contributed by atoms with E-state index in [4.69, 9.17) is 0 Å². The topological polar surface area (TPSA) is 19.4 Å². The predicted molar refractivity (Wildman–Crippen MR) is 611 cm³/mol. The minimum atomic E-state index is 1.10. The highest BCUT2D eigenvalue weighted by molar-refractivity contribution is 5.97. The standard InChI is InChI=1S/2C47H36N2.C43H34N2/c1-48(47-24-12-18-39-17-8-9-23-46(39)47)42-29-25-37(26-30-42)38-27-31-43(32-28-38)49(44-21-10-19-40(33-44)35-13-4-2-5-14-35)45-22-11-20-41(34-45)36-15-6-3-7-16-36;1-48(45-31-26-37-16-8-9-17-40(37)32-45)43-27-22-38(23-28-43)39-24-29-44(30-25-39)49(46-20-10-18-41(33-46)35-12-4-2-5-13-35)47-21-11-19-42(34-47)36-14-6-3-7-15-36;1-44(39-19-9-4-10-20-39)40-27-23-35(24-28-40)36-25-29-41(30-26-36)45(42-21-11-17-37(31-42)33-13-5-2-6-14-33)43-22-12-18-38(32-43)34-15-7-3-8-16-34/h2*2-34H,1H3;2-32H,1H3. The monoisotopic (exact) mass is 1830 g/mol. The molecular weight excluding hydrogens is 1730 g/mol. The minimum absolute atomic E-state index is 1.10. The molecule has 6 heteroatoms. The second-order valence-corrected chi connectivity index (χ2v) is 35.8. The van der Waals surface area contributed by atoms with Gasteiger partial charge in [-0.1, -0.05) is 413 Å². The number of fused-ring (bicyclic) bond motifs is 2. The average molecular weight is 1840 g/mol. The van der Waals surface area contributed by atoms with E-state index in [1.165, 1.54) is 139 Å². The molecule has 0 aromatic heterocycles. The lowest BCUT2D eigenvalue weighted by Gasteiger charge is -2.27. The summed E-state index contributed by atoms with van der Waals surface area (Å²) in [4.78, 5) is 13.8. The Morgan fingerprint density at radius 1 is 0.105 bits per heavy atom. The van der Waals surface area contributed by atoms with E-state index in [-0.39, 0.29) is 0 Å². The van der Waals surface area contributed by atoms with Crippen LogP contribution in [0, 0.1) is 0 Å². The summed E-state index contributed by atoms with van der Waals surface area (Å²) in [5, 5.41) is 5.00. The van der Waals surface area contributed by atoms with Crippen LogP contribution in [-0.2, 0) is 0 Å². The molecular formula is C137H106N6. The molecule has 0 aliphatic rings. The fourth-order valence-electron chi connectivity index (χ4n) is 19.1. The summed E-state index contributed by atoms with van der Waals surface area (Å²) >= 11 is 0. The number of nitrogens with zero attached hydrogens (tertiary/aromatic N) is 6. The Bertz CT molecular complexity index is 7920. The van der Waals surface area contributed by atoms with Gasteiger partial charge in [-0.15, -0.1) is 0 Å². The molecule has 0 unspecified atom stereocenters. The highest BCUT2D eigenvalue weighted by Crippen LogP contribution is 2.46. The zero-order valence-corrected chi connectivity index (χ0v) is 80.2. The zero-order chi connectivity index (χ0) is 96.4. The second kappa shape index (κ2) is 43.0. The van der Waals surface area contributed by atoms with Crippen molar-refractivity contribution in [3.63, 3.8) is 0 Å². The van der Waals surface area contributed by atoms with Gasteiger partial charge in [0.2, 0.25) is 0 Å². The van der Waals surface area contributed by atoms with Crippen molar-refractivity contribution < 1.29 is 0 Å². The van der Waals surface area contributed by atoms with Crippen molar-refractivity contribution >= 4 is 107 Å². The summed E-state index contributed by atoms with van der Waals surface area (Å²) in [7, 11) is 6.37. The summed E-state index contributed by atoms with van der Waals surface area (Å²) in [6.07, 6.45) is 0. The Balaban J connectivity index is 0.000000127. The van der Waals surface area contributed by atoms with Crippen LogP contribution in [-0.4, -0.2) is 21.1 Å². The molecule has 0 spiro atoms. The minimum Gasteiger partial charge on any atom is -0.345 e. The Morgan fingerprint density at radius 2 is 0.294 bits per heavy atom. The second-order valence-electron chi connectivity index (χ2n) is 35.8. The van der Waals surface area contributed by atoms with Crippen molar-refractivity contribution in [3.8, 4) is 100 Å². The van der Waals surface area contributed by atoms with Gasteiger partial charge >= 0.3 is 0 Å². The maximum atomic E-state index is 2.35. The average Bonchev–Trinajstić information content (AvgIpc) is 0.788. The van der Waals surface area contributed by atoms with Gasteiger partial charge in [0.15, 0.2) is 0 Å². The molecule has 6 nitrogen and oxygen atoms in total. The van der Waals surface area contributed by atoms with Gasteiger partial charge in [0.25, 0.3) is 0 Å². The molecule has 0 saturated heterocycles. The summed E-state index contributed by atoms with van der Waals surface area (Å²) in [5.74, 6) is 0. The van der Waals surface area contributed by atoms with Crippen molar-refractivity contribution in [2.45, 2.75) is 0 Å². The first kappa shape index (κ1) is 90.8. The van der Waals surface area contributed by atoms with Gasteiger partial charge in [0.05, 0.1) is 0 Å². The van der Waals surface area contributed by atoms with E-state index < -0.39 is 0 Å². The molecule has 0 saturated carbocycles. The number of rotatable bonds is 24. The molecule has 143 heavy (non-hydrogen) atoms. The fraction of sp³-hybridized carbons (Fsp3) is 0.0219. The molecule has 23 rings (SSSR count). The first-order valence-electron chi connectivity index (χ1n) is 48.8. The van der Waals surface area contributed by atoms with E-state index in [1.807, 2.05) is 6.07 Å². The molecule has 0 heterocycles. The van der Waals surface area contributed by atoms with Crippen LogP contribution in [0.25, 0.3) is 122 Å². The molecule has 0 radical (unpaired) electrons. The van der Waals surface area contributed by atoms with E-state index in [2.05, 4.69) is 633 Å². The first-order valence-corrected chi connectivity index (χ1v) is 48.8. The van der Waals surface area contributed by atoms with E-state index in [9.17, 15) is 0 Å². The van der Waals surface area contributed by atoms with Crippen LogP contribution >= 0.6 is 0 Å². The van der Waals surface area contributed by atoms with Gasteiger partial charge in [0, 0.05) is 112 Å². The third kappa shape index (κ3) is 21.0. The molecule has 0 atom stereocenters. The number of hydrogen-bond donors (Lipinski definition) is 0. The maximum absolute atomic E-state index is 2.35. The lowest BCUT2D eigenvalue weighted by Crippen LogP contribution is -2.10. The van der Waals surface area contributed by atoms with E-state index in [0.717, 1.165) is 68.2 Å². The van der Waals surface area contributed by atoms with Gasteiger partial charge in [-0.05, 0) is 292 Å². The van der Waals surface area contributed by atoms with Gasteiger partial charge in [-0.2, -0.15) is 0 Å². The molecule has 0 N–H and O–H groups in total. The van der Waals surface area contributed by atoms with E-state index in [0.29, 0.717) is 0 Å². The SMILES string of the molecule is CN(c1ccc(-c2ccc(N(c3cccc(-c4ccccc4)c3)c3cccc(-c4ccccc4)c3)cc2)cc1)c1ccc2ccccc2c1.CN(c1ccc(-c2ccc(N(c3cccc(-c4ccccc4)c3)c3cccc(-c4ccccc4)c3)cc2)cc1)c1cccc2ccccc12.CN(c1ccccc1)c1ccc(-c2ccc(N(c3cccc(-c4ccccc4)c3)c3cccc(-c4ccccc4)c3)cc2)cc1. The fourth-order valence-corrected chi connectivity index (χ4v) is 19.1. The highest BCUT2D eigenvalue weighted by atomic mass is 15.2. The third-order valence-corrected chi connectivity index (χ3v) is 26.8. The normalized spacial score (nSPS) is 10.9. The van der Waals surface area contributed by atoms with Crippen molar-refractivity contribution in [3.05, 3.63) is 588 Å². The molecule has 23 aromatic rings. The van der Waals surface area contributed by atoms with Crippen LogP contribution in [0.3, 0.4) is 0 Å². The van der Waals surface area contributed by atoms with Crippen molar-refractivity contribution in [2.24, 2.45) is 0 Å². The number of benzene rings is 23. The van der Waals surface area contributed by atoms with Gasteiger partial charge in [0.1, 0.15) is 0 Å². The number of hydrogen-bond acceptors (Lipinski definition) is 6. The Hall–Kier alpha value is -18.6. The van der Waals surface area contributed by atoms with Crippen LogP contribution < -0.4 is 29.4 Å². The molecule has 0 amide bonds. The van der Waals surface area contributed by atoms with E-state index >= 15 is 0 Å². The molecule has 684 valence electrons. The van der Waals surface area contributed by atoms with Crippen LogP contribution in [0.1, 0.15) is 0 Å². The Morgan fingerprint density at radius 3 is 0.587 bits per heavy atom. The van der Waals surface area contributed by atoms with Crippen molar-refractivity contribution in [1.29, 1.82) is 0 Å². The van der Waals surface area contributed by atoms with Crippen molar-refractivity contribution in [1.82, 2.24) is 0 Å². The van der Waals surface area contributed by atoms with Gasteiger partial charge < -0.3 is 29.4 Å². The lowest BCUT2D eigenvalue weighted by atomic mass is 10.0. The number of para-hydroxylation sites is 1. The molecule has 0 fully saturated rings. The Labute approximate surface area is 840 Å². The predicted octanol–water partition coefficient (Wildman–Crippen LogP) is 38.1. The smallest absolute Gasteiger partial charge is 0.0487 e. The largest absolute Gasteiger partial charge is 0.345 e. The Kier molecular flexibility index (Phi) is 27.3. The quantitative estimate of drug-likeness (QED) is 0.0596. The van der Waals surface area contributed by atoms with Crippen LogP contribution in [0.15, 0.2) is 588 Å². The first-order chi connectivity index (χ1) is 70.6. The van der Waals surface area contributed by atoms with Crippen LogP contribution in [0.5, 0.6) is 0 Å².